The van der Waals surface area contributed by atoms with Crippen LogP contribution >= 0.6 is 0 Å². The van der Waals surface area contributed by atoms with E-state index >= 15 is 0 Å². The van der Waals surface area contributed by atoms with Gasteiger partial charge in [-0.3, -0.25) is 0 Å². The Morgan fingerprint density at radius 1 is 1.07 bits per heavy atom. The Kier molecular flexibility index (Phi) is 2.65. The SMILES string of the molecule is C[C@H]1OC(C(=O)O)(C(=O)O)O[C@H]1C(=O)O. The molecule has 15 heavy (non-hydrogen) atoms. The fraction of sp³-hybridized carbons (Fsp3) is 0.571. The van der Waals surface area contributed by atoms with E-state index in [0.717, 1.165) is 0 Å². The fourth-order valence-electron chi connectivity index (χ4n) is 1.17. The van der Waals surface area contributed by atoms with Gasteiger partial charge in [0.25, 0.3) is 0 Å². The van der Waals surface area contributed by atoms with E-state index in [1.165, 1.54) is 6.92 Å². The van der Waals surface area contributed by atoms with E-state index in [-0.39, 0.29) is 0 Å². The first-order valence-electron chi connectivity index (χ1n) is 3.86. The highest BCUT2D eigenvalue weighted by molar-refractivity contribution is 6.00. The summed E-state index contributed by atoms with van der Waals surface area (Å²) in [6.45, 7) is 1.21. The van der Waals surface area contributed by atoms with Crippen LogP contribution in [0.5, 0.6) is 0 Å². The Labute approximate surface area is 83.0 Å². The third-order valence-corrected chi connectivity index (χ3v) is 1.88. The van der Waals surface area contributed by atoms with Crippen LogP contribution in [0.3, 0.4) is 0 Å². The van der Waals surface area contributed by atoms with Crippen molar-refractivity contribution in [2.75, 3.05) is 0 Å². The molecule has 84 valence electrons. The second-order valence-corrected chi connectivity index (χ2v) is 2.93. The van der Waals surface area contributed by atoms with Crippen LogP contribution in [0.15, 0.2) is 0 Å². The molecule has 0 unspecified atom stereocenters. The zero-order chi connectivity index (χ0) is 11.8. The molecule has 0 bridgehead atoms. The summed E-state index contributed by atoms with van der Waals surface area (Å²) in [5, 5.41) is 25.8. The van der Waals surface area contributed by atoms with E-state index in [1.807, 2.05) is 0 Å². The molecule has 1 heterocycles. The third-order valence-electron chi connectivity index (χ3n) is 1.88. The largest absolute Gasteiger partial charge is 0.479 e. The van der Waals surface area contributed by atoms with Gasteiger partial charge in [-0.25, -0.2) is 14.4 Å². The van der Waals surface area contributed by atoms with Gasteiger partial charge in [-0.15, -0.1) is 0 Å². The van der Waals surface area contributed by atoms with Gasteiger partial charge in [0, 0.05) is 0 Å². The summed E-state index contributed by atoms with van der Waals surface area (Å²) < 4.78 is 8.97. The smallest absolute Gasteiger partial charge is 0.377 e. The van der Waals surface area contributed by atoms with Crippen molar-refractivity contribution < 1.29 is 39.2 Å². The third kappa shape index (κ3) is 1.64. The lowest BCUT2D eigenvalue weighted by atomic mass is 10.2. The molecule has 0 aliphatic carbocycles. The molecule has 1 aliphatic heterocycles. The monoisotopic (exact) mass is 220 g/mol. The Hall–Kier alpha value is -1.67. The van der Waals surface area contributed by atoms with Gasteiger partial charge in [0.1, 0.15) is 0 Å². The van der Waals surface area contributed by atoms with Crippen LogP contribution in [0.2, 0.25) is 0 Å². The predicted molar refractivity (Wildman–Crippen MR) is 41.1 cm³/mol. The summed E-state index contributed by atoms with van der Waals surface area (Å²) in [7, 11) is 0. The molecule has 2 atom stereocenters. The van der Waals surface area contributed by atoms with Crippen molar-refractivity contribution in [2.45, 2.75) is 24.9 Å². The molecule has 0 aromatic heterocycles. The van der Waals surface area contributed by atoms with Gasteiger partial charge in [-0.2, -0.15) is 0 Å². The quantitative estimate of drug-likeness (QED) is 0.502. The van der Waals surface area contributed by atoms with Gasteiger partial charge in [0.15, 0.2) is 6.10 Å². The molecule has 0 spiro atoms. The van der Waals surface area contributed by atoms with Gasteiger partial charge < -0.3 is 24.8 Å². The van der Waals surface area contributed by atoms with Gasteiger partial charge in [0.2, 0.25) is 0 Å². The molecule has 1 rings (SSSR count). The van der Waals surface area contributed by atoms with Crippen LogP contribution in [0.4, 0.5) is 0 Å². The summed E-state index contributed by atoms with van der Waals surface area (Å²) >= 11 is 0. The number of ether oxygens (including phenoxy) is 2. The first-order chi connectivity index (χ1) is 6.81. The molecule has 3 N–H and O–H groups in total. The summed E-state index contributed by atoms with van der Waals surface area (Å²) in [6.07, 6.45) is -2.77. The maximum atomic E-state index is 10.7. The normalized spacial score (nSPS) is 28.6. The molecule has 8 heteroatoms. The average molecular weight is 220 g/mol. The highest BCUT2D eigenvalue weighted by Crippen LogP contribution is 2.29. The van der Waals surface area contributed by atoms with Gasteiger partial charge >= 0.3 is 23.7 Å². The molecule has 0 radical (unpaired) electrons. The van der Waals surface area contributed by atoms with Crippen LogP contribution in [0.1, 0.15) is 6.92 Å². The summed E-state index contributed by atoms with van der Waals surface area (Å²) in [6, 6.07) is 0. The van der Waals surface area contributed by atoms with Crippen LogP contribution < -0.4 is 0 Å². The summed E-state index contributed by atoms with van der Waals surface area (Å²) in [4.78, 5) is 31.9. The number of carbonyl (C=O) groups is 3. The molecule has 1 saturated heterocycles. The standard InChI is InChI=1S/C7H8O8/c1-2-3(4(8)9)15-7(14-2,5(10)11)6(12)13/h2-3H,1H3,(H,8,9)(H,10,11)(H,12,13)/t2-,3-/m1/s1. The highest BCUT2D eigenvalue weighted by atomic mass is 16.8. The number of aliphatic carboxylic acids is 3. The van der Waals surface area contributed by atoms with E-state index in [9.17, 15) is 14.4 Å². The van der Waals surface area contributed by atoms with Crippen LogP contribution in [-0.2, 0) is 23.9 Å². The molecule has 0 aromatic carbocycles. The Morgan fingerprint density at radius 2 is 1.53 bits per heavy atom. The number of hydrogen-bond donors (Lipinski definition) is 3. The molecule has 0 amide bonds. The topological polar surface area (TPSA) is 130 Å². The summed E-state index contributed by atoms with van der Waals surface area (Å²) in [5.41, 5.74) is 0. The minimum Gasteiger partial charge on any atom is -0.479 e. The van der Waals surface area contributed by atoms with Crippen LogP contribution in [-0.4, -0.2) is 51.2 Å². The van der Waals surface area contributed by atoms with E-state index in [2.05, 4.69) is 9.47 Å². The van der Waals surface area contributed by atoms with Crippen LogP contribution in [0, 0.1) is 0 Å². The summed E-state index contributed by atoms with van der Waals surface area (Å²) in [5.74, 6) is -8.20. The first kappa shape index (κ1) is 11.4. The van der Waals surface area contributed by atoms with E-state index < -0.39 is 35.9 Å². The highest BCUT2D eigenvalue weighted by Gasteiger charge is 2.60. The van der Waals surface area contributed by atoms with Crippen molar-refractivity contribution in [3.63, 3.8) is 0 Å². The van der Waals surface area contributed by atoms with Crippen molar-refractivity contribution in [1.82, 2.24) is 0 Å². The van der Waals surface area contributed by atoms with Crippen molar-refractivity contribution in [3.05, 3.63) is 0 Å². The maximum absolute atomic E-state index is 10.7. The second kappa shape index (κ2) is 3.48. The molecule has 0 saturated carbocycles. The van der Waals surface area contributed by atoms with Crippen molar-refractivity contribution in [1.29, 1.82) is 0 Å². The van der Waals surface area contributed by atoms with Crippen molar-refractivity contribution >= 4 is 17.9 Å². The zero-order valence-electron chi connectivity index (χ0n) is 7.54. The van der Waals surface area contributed by atoms with Gasteiger partial charge in [0.05, 0.1) is 6.10 Å². The number of rotatable bonds is 3. The molecular weight excluding hydrogens is 212 g/mol. The molecule has 1 fully saturated rings. The number of hydrogen-bond acceptors (Lipinski definition) is 5. The average Bonchev–Trinajstić information content (AvgIpc) is 2.44. The lowest BCUT2D eigenvalue weighted by molar-refractivity contribution is -0.220. The number of carboxylic acid groups (broad SMARTS) is 3. The fourth-order valence-corrected chi connectivity index (χ4v) is 1.17. The van der Waals surface area contributed by atoms with Gasteiger partial charge in [-0.1, -0.05) is 0 Å². The number of carboxylic acids is 3. The molecular formula is C7H8O8. The lowest BCUT2D eigenvalue weighted by Crippen LogP contribution is -2.48. The minimum absolute atomic E-state index is 1.16. The maximum Gasteiger partial charge on any atom is 0.377 e. The zero-order valence-corrected chi connectivity index (χ0v) is 7.54. The Morgan fingerprint density at radius 3 is 1.73 bits per heavy atom. The van der Waals surface area contributed by atoms with Crippen LogP contribution in [0.25, 0.3) is 0 Å². The predicted octanol–water partition coefficient (Wildman–Crippen LogP) is -1.26. The van der Waals surface area contributed by atoms with Crippen molar-refractivity contribution in [3.8, 4) is 0 Å². The molecule has 8 nitrogen and oxygen atoms in total. The van der Waals surface area contributed by atoms with Gasteiger partial charge in [-0.05, 0) is 6.92 Å². The first-order valence-corrected chi connectivity index (χ1v) is 3.86. The Bertz CT molecular complexity index is 307. The van der Waals surface area contributed by atoms with E-state index in [4.69, 9.17) is 15.3 Å². The lowest BCUT2D eigenvalue weighted by Gasteiger charge is -2.16. The van der Waals surface area contributed by atoms with E-state index in [1.54, 1.807) is 0 Å². The minimum atomic E-state index is -2.93. The molecule has 0 aromatic rings. The van der Waals surface area contributed by atoms with Crippen molar-refractivity contribution in [2.24, 2.45) is 0 Å². The van der Waals surface area contributed by atoms with E-state index in [0.29, 0.717) is 0 Å². The second-order valence-electron chi connectivity index (χ2n) is 2.93. The molecule has 1 aliphatic rings. The Balaban J connectivity index is 3.03.